The number of anilines is 1. The van der Waals surface area contributed by atoms with Gasteiger partial charge in [-0.05, 0) is 18.9 Å². The van der Waals surface area contributed by atoms with E-state index >= 15 is 0 Å². The van der Waals surface area contributed by atoms with Gasteiger partial charge >= 0.3 is 6.18 Å². The lowest BCUT2D eigenvalue weighted by molar-refractivity contribution is -0.141. The summed E-state index contributed by atoms with van der Waals surface area (Å²) in [5.41, 5.74) is 0.861. The van der Waals surface area contributed by atoms with Gasteiger partial charge in [0, 0.05) is 30.9 Å². The molecular formula is C20H18F3N7. The van der Waals surface area contributed by atoms with E-state index in [1.165, 1.54) is 17.2 Å². The van der Waals surface area contributed by atoms with Crippen molar-refractivity contribution in [3.8, 4) is 11.3 Å². The zero-order chi connectivity index (χ0) is 20.7. The Kier molecular flexibility index (Phi) is 4.41. The third-order valence-corrected chi connectivity index (χ3v) is 5.30. The lowest BCUT2D eigenvalue weighted by Gasteiger charge is -2.34. The Morgan fingerprint density at radius 2 is 1.90 bits per heavy atom. The number of piperidine rings is 1. The van der Waals surface area contributed by atoms with Crippen LogP contribution in [0.3, 0.4) is 0 Å². The molecule has 0 N–H and O–H groups in total. The molecule has 7 nitrogen and oxygen atoms in total. The van der Waals surface area contributed by atoms with Gasteiger partial charge in [-0.25, -0.2) is 4.98 Å². The van der Waals surface area contributed by atoms with Gasteiger partial charge < -0.3 is 4.90 Å². The number of hydrogen-bond donors (Lipinski definition) is 0. The van der Waals surface area contributed by atoms with Crippen LogP contribution in [0.2, 0.25) is 0 Å². The second kappa shape index (κ2) is 7.12. The molecule has 0 aliphatic carbocycles. The molecule has 1 aliphatic heterocycles. The van der Waals surface area contributed by atoms with E-state index in [0.29, 0.717) is 12.3 Å². The van der Waals surface area contributed by atoms with Crippen molar-refractivity contribution in [3.05, 3.63) is 60.7 Å². The molecule has 0 amide bonds. The van der Waals surface area contributed by atoms with Crippen molar-refractivity contribution in [2.75, 3.05) is 18.0 Å². The lowest BCUT2D eigenvalue weighted by Crippen LogP contribution is -2.38. The first-order chi connectivity index (χ1) is 14.5. The summed E-state index contributed by atoms with van der Waals surface area (Å²) in [4.78, 5) is 10.9. The van der Waals surface area contributed by atoms with Crippen molar-refractivity contribution in [2.24, 2.45) is 0 Å². The first-order valence-corrected chi connectivity index (χ1v) is 9.62. The fraction of sp³-hybridized carbons (Fsp3) is 0.300. The summed E-state index contributed by atoms with van der Waals surface area (Å²) in [6, 6.07) is 12.6. The van der Waals surface area contributed by atoms with E-state index in [9.17, 15) is 13.2 Å². The number of fused-ring (bicyclic) bond motifs is 1. The summed E-state index contributed by atoms with van der Waals surface area (Å²) in [5.74, 6) is 1.29. The van der Waals surface area contributed by atoms with Crippen molar-refractivity contribution >= 4 is 11.6 Å². The Morgan fingerprint density at radius 3 is 2.67 bits per heavy atom. The fourth-order valence-electron chi connectivity index (χ4n) is 3.85. The van der Waals surface area contributed by atoms with Crippen LogP contribution in [0.15, 0.2) is 55.0 Å². The monoisotopic (exact) mass is 413 g/mol. The summed E-state index contributed by atoms with van der Waals surface area (Å²) in [6.45, 7) is 1.28. The Morgan fingerprint density at radius 1 is 1.07 bits per heavy atom. The van der Waals surface area contributed by atoms with E-state index in [-0.39, 0.29) is 6.04 Å². The summed E-state index contributed by atoms with van der Waals surface area (Å²) in [7, 11) is 0. The van der Waals surface area contributed by atoms with Crippen molar-refractivity contribution in [2.45, 2.75) is 25.1 Å². The number of halogens is 3. The Bertz CT molecular complexity index is 1170. The van der Waals surface area contributed by atoms with Crippen LogP contribution < -0.4 is 4.90 Å². The van der Waals surface area contributed by atoms with Gasteiger partial charge in [-0.2, -0.15) is 32.9 Å². The van der Waals surface area contributed by atoms with Gasteiger partial charge in [0.25, 0.3) is 5.78 Å². The molecule has 30 heavy (non-hydrogen) atoms. The summed E-state index contributed by atoms with van der Waals surface area (Å²) in [6.07, 6.45) is -0.00498. The van der Waals surface area contributed by atoms with Crippen molar-refractivity contribution in [3.63, 3.8) is 0 Å². The Labute approximate surface area is 169 Å². The predicted octanol–water partition coefficient (Wildman–Crippen LogP) is 3.85. The first-order valence-electron chi connectivity index (χ1n) is 9.62. The minimum atomic E-state index is -4.44. The highest BCUT2D eigenvalue weighted by Crippen LogP contribution is 2.31. The summed E-state index contributed by atoms with van der Waals surface area (Å²) in [5, 5.41) is 8.06. The Balaban J connectivity index is 1.49. The zero-order valence-corrected chi connectivity index (χ0v) is 15.9. The van der Waals surface area contributed by atoms with Crippen LogP contribution in [-0.4, -0.2) is 42.5 Å². The quantitative estimate of drug-likeness (QED) is 0.511. The van der Waals surface area contributed by atoms with E-state index in [1.54, 1.807) is 4.52 Å². The second-order valence-corrected chi connectivity index (χ2v) is 7.26. The predicted molar refractivity (Wildman–Crippen MR) is 104 cm³/mol. The normalized spacial score (nSPS) is 17.6. The molecule has 4 aromatic rings. The molecule has 4 heterocycles. The minimum absolute atomic E-state index is 0.165. The van der Waals surface area contributed by atoms with Crippen molar-refractivity contribution in [1.82, 2.24) is 29.4 Å². The highest BCUT2D eigenvalue weighted by atomic mass is 19.4. The average Bonchev–Trinajstić information content (AvgIpc) is 3.43. The topological polar surface area (TPSA) is 64.1 Å². The van der Waals surface area contributed by atoms with Gasteiger partial charge in [0.15, 0.2) is 5.69 Å². The highest BCUT2D eigenvalue weighted by molar-refractivity contribution is 5.65. The molecule has 0 saturated carbocycles. The van der Waals surface area contributed by atoms with E-state index in [2.05, 4.69) is 25.1 Å². The highest BCUT2D eigenvalue weighted by Gasteiger charge is 2.34. The molecule has 1 atom stereocenters. The minimum Gasteiger partial charge on any atom is -0.354 e. The molecule has 1 fully saturated rings. The van der Waals surface area contributed by atoms with Gasteiger partial charge in [0.1, 0.15) is 12.1 Å². The smallest absolute Gasteiger partial charge is 0.354 e. The summed E-state index contributed by atoms with van der Waals surface area (Å²) < 4.78 is 41.9. The zero-order valence-electron chi connectivity index (χ0n) is 15.9. The van der Waals surface area contributed by atoms with Crippen LogP contribution in [0, 0.1) is 0 Å². The van der Waals surface area contributed by atoms with E-state index in [1.807, 2.05) is 36.4 Å². The maximum Gasteiger partial charge on any atom is 0.435 e. The molecular weight excluding hydrogens is 395 g/mol. The molecule has 3 aromatic heterocycles. The van der Waals surface area contributed by atoms with E-state index in [0.717, 1.165) is 42.5 Å². The van der Waals surface area contributed by atoms with Gasteiger partial charge in [-0.1, -0.05) is 30.3 Å². The molecule has 1 saturated heterocycles. The lowest BCUT2D eigenvalue weighted by atomic mass is 10.1. The van der Waals surface area contributed by atoms with E-state index in [4.69, 9.17) is 0 Å². The van der Waals surface area contributed by atoms with Crippen LogP contribution >= 0.6 is 0 Å². The number of rotatable bonds is 3. The van der Waals surface area contributed by atoms with Crippen molar-refractivity contribution < 1.29 is 13.2 Å². The third-order valence-electron chi connectivity index (χ3n) is 5.30. The fourth-order valence-corrected chi connectivity index (χ4v) is 3.85. The maximum absolute atomic E-state index is 12.9. The van der Waals surface area contributed by atoms with Crippen LogP contribution in [0.4, 0.5) is 19.0 Å². The molecule has 0 radical (unpaired) electrons. The molecule has 10 heteroatoms. The SMILES string of the molecule is FC(F)(F)c1ccn(C2CCCN(c3cc(-c4ccccc4)nc4ncnn34)C2)n1. The van der Waals surface area contributed by atoms with Gasteiger partial charge in [0.2, 0.25) is 0 Å². The first kappa shape index (κ1) is 18.6. The van der Waals surface area contributed by atoms with Crippen LogP contribution in [-0.2, 0) is 6.18 Å². The number of benzene rings is 1. The molecule has 0 bridgehead atoms. The van der Waals surface area contributed by atoms with Crippen LogP contribution in [0.5, 0.6) is 0 Å². The molecule has 1 aromatic carbocycles. The molecule has 0 spiro atoms. The average molecular weight is 413 g/mol. The molecule has 1 aliphatic rings. The maximum atomic E-state index is 12.9. The number of alkyl halides is 3. The largest absolute Gasteiger partial charge is 0.435 e. The summed E-state index contributed by atoms with van der Waals surface area (Å²) >= 11 is 0. The number of hydrogen-bond acceptors (Lipinski definition) is 5. The third kappa shape index (κ3) is 3.38. The molecule has 1 unspecified atom stereocenters. The van der Waals surface area contributed by atoms with Crippen LogP contribution in [0.25, 0.3) is 17.0 Å². The molecule has 154 valence electrons. The van der Waals surface area contributed by atoms with Gasteiger partial charge in [0.05, 0.1) is 11.7 Å². The van der Waals surface area contributed by atoms with Crippen molar-refractivity contribution in [1.29, 1.82) is 0 Å². The van der Waals surface area contributed by atoms with Gasteiger partial charge in [-0.15, -0.1) is 0 Å². The standard InChI is InChI=1S/C20H18F3N7/c21-20(22,23)17-8-10-29(27-17)15-7-4-9-28(12-15)18-11-16(14-5-2-1-3-6-14)26-19-24-13-25-30(18)19/h1-3,5-6,8,10-11,13,15H,4,7,9,12H2. The van der Waals surface area contributed by atoms with E-state index < -0.39 is 11.9 Å². The molecule has 5 rings (SSSR count). The second-order valence-electron chi connectivity index (χ2n) is 7.26. The Hall–Kier alpha value is -3.43. The number of nitrogens with zero attached hydrogens (tertiary/aromatic N) is 7. The van der Waals surface area contributed by atoms with Gasteiger partial charge in [-0.3, -0.25) is 4.68 Å². The van der Waals surface area contributed by atoms with Crippen LogP contribution in [0.1, 0.15) is 24.6 Å². The number of aromatic nitrogens is 6.